The van der Waals surface area contributed by atoms with Crippen molar-refractivity contribution in [2.75, 3.05) is 19.6 Å². The van der Waals surface area contributed by atoms with Crippen molar-refractivity contribution in [3.63, 3.8) is 0 Å². The lowest BCUT2D eigenvalue weighted by Gasteiger charge is -2.22. The highest BCUT2D eigenvalue weighted by molar-refractivity contribution is 6.19. The number of hydrogen-bond acceptors (Lipinski definition) is 2. The number of hydrogen-bond donors (Lipinski definition) is 0. The summed E-state index contributed by atoms with van der Waals surface area (Å²) >= 11 is 5.60. The lowest BCUT2D eigenvalue weighted by molar-refractivity contribution is 0.00543. The first kappa shape index (κ1) is 15.9. The molecule has 1 rings (SSSR count). The lowest BCUT2D eigenvalue weighted by atomic mass is 10.1. The number of ether oxygens (including phenoxy) is 2. The van der Waals surface area contributed by atoms with Crippen LogP contribution in [0.25, 0.3) is 0 Å². The Morgan fingerprint density at radius 1 is 1.32 bits per heavy atom. The van der Waals surface area contributed by atoms with Gasteiger partial charge in [0.15, 0.2) is 0 Å². The molecule has 0 radical (unpaired) electrons. The Labute approximate surface area is 121 Å². The van der Waals surface area contributed by atoms with E-state index in [1.807, 2.05) is 39.0 Å². The van der Waals surface area contributed by atoms with E-state index < -0.39 is 0 Å². The second kappa shape index (κ2) is 7.43. The molecule has 0 atom stereocenters. The van der Waals surface area contributed by atoms with E-state index in [4.69, 9.17) is 21.1 Å². The standard InChI is InChI=1S/C16H21ClO2/c1-13-7-8-15(14(12-13)6-5-10-17)19-11-9-16(2,3)18-4/h7-8,12H,9-11H2,1-4H3. The van der Waals surface area contributed by atoms with Gasteiger partial charge in [-0.2, -0.15) is 0 Å². The van der Waals surface area contributed by atoms with E-state index >= 15 is 0 Å². The molecule has 1 aromatic carbocycles. The average Bonchev–Trinajstić information content (AvgIpc) is 2.38. The van der Waals surface area contributed by atoms with Gasteiger partial charge < -0.3 is 9.47 Å². The predicted molar refractivity (Wildman–Crippen MR) is 80.0 cm³/mol. The molecule has 0 amide bonds. The van der Waals surface area contributed by atoms with Crippen molar-refractivity contribution in [3.8, 4) is 17.6 Å². The van der Waals surface area contributed by atoms with Gasteiger partial charge in [-0.15, -0.1) is 11.6 Å². The Balaban J connectivity index is 2.72. The number of methoxy groups -OCH3 is 1. The van der Waals surface area contributed by atoms with E-state index in [1.165, 1.54) is 0 Å². The molecule has 0 aromatic heterocycles. The van der Waals surface area contributed by atoms with Gasteiger partial charge in [0, 0.05) is 13.5 Å². The highest BCUT2D eigenvalue weighted by Gasteiger charge is 2.16. The van der Waals surface area contributed by atoms with Crippen molar-refractivity contribution < 1.29 is 9.47 Å². The largest absolute Gasteiger partial charge is 0.492 e. The zero-order valence-corrected chi connectivity index (χ0v) is 12.8. The maximum absolute atomic E-state index is 5.80. The summed E-state index contributed by atoms with van der Waals surface area (Å²) in [5.74, 6) is 7.01. The van der Waals surface area contributed by atoms with Gasteiger partial charge in [-0.1, -0.05) is 17.9 Å². The van der Waals surface area contributed by atoms with Crippen molar-refractivity contribution in [1.82, 2.24) is 0 Å². The van der Waals surface area contributed by atoms with Crippen molar-refractivity contribution in [2.45, 2.75) is 32.8 Å². The molecule has 0 saturated carbocycles. The molecule has 3 heteroatoms. The number of benzene rings is 1. The molecule has 0 saturated heterocycles. The maximum atomic E-state index is 5.80. The van der Waals surface area contributed by atoms with Gasteiger partial charge in [-0.25, -0.2) is 0 Å². The van der Waals surface area contributed by atoms with Crippen LogP contribution in [-0.4, -0.2) is 25.2 Å². The molecule has 0 bridgehead atoms. The van der Waals surface area contributed by atoms with Crippen LogP contribution in [0, 0.1) is 18.8 Å². The Hall–Kier alpha value is -1.17. The van der Waals surface area contributed by atoms with E-state index in [-0.39, 0.29) is 5.60 Å². The highest BCUT2D eigenvalue weighted by atomic mass is 35.5. The minimum absolute atomic E-state index is 0.174. The molecule has 0 spiro atoms. The van der Waals surface area contributed by atoms with E-state index in [9.17, 15) is 0 Å². The molecule has 104 valence electrons. The second-order valence-corrected chi connectivity index (χ2v) is 5.26. The zero-order valence-electron chi connectivity index (χ0n) is 12.0. The molecule has 19 heavy (non-hydrogen) atoms. The van der Waals surface area contributed by atoms with Gasteiger partial charge in [0.2, 0.25) is 0 Å². The first-order valence-corrected chi connectivity index (χ1v) is 6.85. The van der Waals surface area contributed by atoms with Crippen molar-refractivity contribution in [2.24, 2.45) is 0 Å². The van der Waals surface area contributed by atoms with Crippen LogP contribution >= 0.6 is 11.6 Å². The van der Waals surface area contributed by atoms with Crippen molar-refractivity contribution in [1.29, 1.82) is 0 Å². The molecule has 0 fully saturated rings. The second-order valence-electron chi connectivity index (χ2n) is 5.00. The summed E-state index contributed by atoms with van der Waals surface area (Å²) in [5.41, 5.74) is 1.87. The molecule has 0 unspecified atom stereocenters. The van der Waals surface area contributed by atoms with E-state index in [1.54, 1.807) is 7.11 Å². The van der Waals surface area contributed by atoms with E-state index in [0.717, 1.165) is 23.3 Å². The summed E-state index contributed by atoms with van der Waals surface area (Å²) in [7, 11) is 1.71. The Bertz CT molecular complexity index is 469. The quantitative estimate of drug-likeness (QED) is 0.604. The summed E-state index contributed by atoms with van der Waals surface area (Å²) in [6.07, 6.45) is 0.819. The molecular weight excluding hydrogens is 260 g/mol. The third-order valence-corrected chi connectivity index (χ3v) is 3.07. The monoisotopic (exact) mass is 280 g/mol. The zero-order chi connectivity index (χ0) is 14.3. The molecule has 0 aliphatic rings. The Kier molecular flexibility index (Phi) is 6.21. The average molecular weight is 281 g/mol. The SMILES string of the molecule is COC(C)(C)CCOc1ccc(C)cc1C#CCCl. The van der Waals surface area contributed by atoms with E-state index in [0.29, 0.717) is 12.5 Å². The molecule has 0 aliphatic carbocycles. The van der Waals surface area contributed by atoms with Gasteiger partial charge in [0.25, 0.3) is 0 Å². The van der Waals surface area contributed by atoms with Crippen LogP contribution in [0.15, 0.2) is 18.2 Å². The smallest absolute Gasteiger partial charge is 0.134 e. The van der Waals surface area contributed by atoms with Crippen LogP contribution in [0.3, 0.4) is 0 Å². The summed E-state index contributed by atoms with van der Waals surface area (Å²) in [4.78, 5) is 0. The lowest BCUT2D eigenvalue weighted by Crippen LogP contribution is -2.25. The molecule has 1 aromatic rings. The first-order chi connectivity index (χ1) is 8.98. The van der Waals surface area contributed by atoms with Gasteiger partial charge in [-0.05, 0) is 38.5 Å². The van der Waals surface area contributed by atoms with Crippen molar-refractivity contribution in [3.05, 3.63) is 29.3 Å². The molecular formula is C16H21ClO2. The molecule has 0 heterocycles. The van der Waals surface area contributed by atoms with Crippen LogP contribution in [-0.2, 0) is 4.74 Å². The minimum Gasteiger partial charge on any atom is -0.492 e. The molecule has 0 aliphatic heterocycles. The van der Waals surface area contributed by atoms with Gasteiger partial charge in [0.05, 0.1) is 23.7 Å². The van der Waals surface area contributed by atoms with Gasteiger partial charge in [-0.3, -0.25) is 0 Å². The fourth-order valence-electron chi connectivity index (χ4n) is 1.50. The summed E-state index contributed by atoms with van der Waals surface area (Å²) in [6, 6.07) is 5.98. The fraction of sp³-hybridized carbons (Fsp3) is 0.500. The number of rotatable bonds is 5. The van der Waals surface area contributed by atoms with Crippen molar-refractivity contribution >= 4 is 11.6 Å². The summed E-state index contributed by atoms with van der Waals surface area (Å²) in [6.45, 7) is 6.71. The van der Waals surface area contributed by atoms with Crippen LogP contribution < -0.4 is 4.74 Å². The van der Waals surface area contributed by atoms with Crippen LogP contribution in [0.1, 0.15) is 31.4 Å². The van der Waals surface area contributed by atoms with Crippen LogP contribution in [0.2, 0.25) is 0 Å². The Morgan fingerprint density at radius 3 is 2.68 bits per heavy atom. The van der Waals surface area contributed by atoms with Crippen LogP contribution in [0.4, 0.5) is 0 Å². The number of aryl methyl sites for hydroxylation is 1. The maximum Gasteiger partial charge on any atom is 0.134 e. The first-order valence-electron chi connectivity index (χ1n) is 6.32. The number of halogens is 1. The van der Waals surface area contributed by atoms with Crippen LogP contribution in [0.5, 0.6) is 5.75 Å². The number of alkyl halides is 1. The third-order valence-electron chi connectivity index (χ3n) is 2.94. The minimum atomic E-state index is -0.174. The fourth-order valence-corrected chi connectivity index (χ4v) is 1.57. The summed E-state index contributed by atoms with van der Waals surface area (Å²) in [5, 5.41) is 0. The molecule has 2 nitrogen and oxygen atoms in total. The predicted octanol–water partition coefficient (Wildman–Crippen LogP) is 3.78. The highest BCUT2D eigenvalue weighted by Crippen LogP contribution is 2.21. The van der Waals surface area contributed by atoms with E-state index in [2.05, 4.69) is 11.8 Å². The third kappa shape index (κ3) is 5.55. The normalized spacial score (nSPS) is 10.8. The van der Waals surface area contributed by atoms with Gasteiger partial charge >= 0.3 is 0 Å². The Morgan fingerprint density at radius 2 is 2.05 bits per heavy atom. The molecule has 0 N–H and O–H groups in total. The summed E-state index contributed by atoms with van der Waals surface area (Å²) < 4.78 is 11.2. The topological polar surface area (TPSA) is 18.5 Å². The van der Waals surface area contributed by atoms with Gasteiger partial charge in [0.1, 0.15) is 5.75 Å².